The van der Waals surface area contributed by atoms with Gasteiger partial charge in [0.1, 0.15) is 0 Å². The summed E-state index contributed by atoms with van der Waals surface area (Å²) in [6.07, 6.45) is 7.79. The number of aryl methyl sites for hydroxylation is 2. The number of rotatable bonds is 6. The molecular formula is C22H25ClN2O2. The maximum Gasteiger partial charge on any atom is 0.332 e. The van der Waals surface area contributed by atoms with Crippen LogP contribution in [-0.4, -0.2) is 40.2 Å². The van der Waals surface area contributed by atoms with E-state index in [0.717, 1.165) is 42.2 Å². The van der Waals surface area contributed by atoms with E-state index in [0.29, 0.717) is 12.1 Å². The monoisotopic (exact) mass is 384 g/mol. The van der Waals surface area contributed by atoms with Crippen molar-refractivity contribution in [2.45, 2.75) is 19.8 Å². The number of hydrogen-bond donors (Lipinski definition) is 1. The third kappa shape index (κ3) is 4.71. The van der Waals surface area contributed by atoms with Crippen LogP contribution in [-0.2, 0) is 11.8 Å². The van der Waals surface area contributed by atoms with Crippen molar-refractivity contribution in [2.24, 2.45) is 7.05 Å². The van der Waals surface area contributed by atoms with Crippen LogP contribution in [0.5, 0.6) is 0 Å². The molecule has 0 atom stereocenters. The lowest BCUT2D eigenvalue weighted by Crippen LogP contribution is -2.32. The summed E-state index contributed by atoms with van der Waals surface area (Å²) in [5, 5.41) is 9.95. The average Bonchev–Trinajstić information content (AvgIpc) is 3.05. The molecule has 27 heavy (non-hydrogen) atoms. The molecular weight excluding hydrogens is 360 g/mol. The molecule has 2 aromatic rings. The maximum absolute atomic E-state index is 11.2. The van der Waals surface area contributed by atoms with Gasteiger partial charge in [-0.05, 0) is 55.2 Å². The lowest BCUT2D eigenvalue weighted by Gasteiger charge is -2.25. The average molecular weight is 385 g/mol. The first kappa shape index (κ1) is 19.5. The normalized spacial score (nSPS) is 15.7. The molecule has 142 valence electrons. The molecule has 3 rings (SSSR count). The molecule has 1 aromatic heterocycles. The molecule has 0 bridgehead atoms. The number of aromatic nitrogens is 1. The van der Waals surface area contributed by atoms with E-state index in [9.17, 15) is 9.90 Å². The number of aliphatic carboxylic acids is 1. The van der Waals surface area contributed by atoms with Crippen LogP contribution in [0.1, 0.15) is 29.7 Å². The predicted molar refractivity (Wildman–Crippen MR) is 110 cm³/mol. The number of nitrogens with zero attached hydrogens (tertiary/aromatic N) is 2. The highest BCUT2D eigenvalue weighted by atomic mass is 35.5. The first-order valence-corrected chi connectivity index (χ1v) is 9.56. The Labute approximate surface area is 165 Å². The smallest absolute Gasteiger partial charge is 0.332 e. The standard InChI is InChI=1S/C22H25ClN2O2/c1-16-14-18(23)9-10-19(16)20(21-8-5-11-24(21)2)7-4-13-25-12-3-6-17(15-25)22(26)27/h5-11,14H,3-4,12-13,15H2,1-2H3,(H,26,27). The van der Waals surface area contributed by atoms with E-state index >= 15 is 0 Å². The second-order valence-electron chi connectivity index (χ2n) is 6.97. The Hall–Kier alpha value is -2.30. The Bertz CT molecular complexity index is 895. The van der Waals surface area contributed by atoms with Crippen LogP contribution < -0.4 is 0 Å². The van der Waals surface area contributed by atoms with Crippen molar-refractivity contribution in [1.82, 2.24) is 9.47 Å². The third-order valence-corrected chi connectivity index (χ3v) is 5.23. The highest BCUT2D eigenvalue weighted by Gasteiger charge is 2.17. The summed E-state index contributed by atoms with van der Waals surface area (Å²) in [5.74, 6) is -0.809. The largest absolute Gasteiger partial charge is 0.478 e. The molecule has 1 N–H and O–H groups in total. The minimum atomic E-state index is -0.809. The molecule has 0 fully saturated rings. The summed E-state index contributed by atoms with van der Waals surface area (Å²) in [6.45, 7) is 4.34. The van der Waals surface area contributed by atoms with Crippen LogP contribution in [0.25, 0.3) is 5.57 Å². The van der Waals surface area contributed by atoms with Crippen molar-refractivity contribution in [1.29, 1.82) is 0 Å². The van der Waals surface area contributed by atoms with Gasteiger partial charge in [0.2, 0.25) is 0 Å². The van der Waals surface area contributed by atoms with Crippen molar-refractivity contribution in [3.05, 3.63) is 76.1 Å². The van der Waals surface area contributed by atoms with E-state index in [1.165, 1.54) is 11.1 Å². The summed E-state index contributed by atoms with van der Waals surface area (Å²) in [4.78, 5) is 13.4. The van der Waals surface area contributed by atoms with Crippen molar-refractivity contribution in [2.75, 3.05) is 19.6 Å². The molecule has 0 saturated heterocycles. The van der Waals surface area contributed by atoms with Crippen LogP contribution >= 0.6 is 11.6 Å². The Balaban J connectivity index is 1.81. The van der Waals surface area contributed by atoms with Crippen molar-refractivity contribution >= 4 is 23.1 Å². The molecule has 0 aliphatic carbocycles. The summed E-state index contributed by atoms with van der Waals surface area (Å²) >= 11 is 6.14. The van der Waals surface area contributed by atoms with Gasteiger partial charge in [0.05, 0.1) is 0 Å². The van der Waals surface area contributed by atoms with Gasteiger partial charge >= 0.3 is 5.97 Å². The molecule has 0 amide bonds. The molecule has 0 unspecified atom stereocenters. The summed E-state index contributed by atoms with van der Waals surface area (Å²) in [7, 11) is 2.04. The molecule has 0 saturated carbocycles. The fourth-order valence-corrected chi connectivity index (χ4v) is 3.79. The number of carbonyl (C=O) groups is 1. The number of hydrogen-bond acceptors (Lipinski definition) is 2. The minimum Gasteiger partial charge on any atom is -0.478 e. The van der Waals surface area contributed by atoms with E-state index < -0.39 is 5.97 Å². The van der Waals surface area contributed by atoms with Crippen molar-refractivity contribution in [3.63, 3.8) is 0 Å². The molecule has 1 aromatic carbocycles. The van der Waals surface area contributed by atoms with Crippen molar-refractivity contribution in [3.8, 4) is 0 Å². The highest BCUT2D eigenvalue weighted by molar-refractivity contribution is 6.30. The fourth-order valence-electron chi connectivity index (χ4n) is 3.57. The number of benzene rings is 1. The quantitative estimate of drug-likeness (QED) is 0.796. The van der Waals surface area contributed by atoms with Crippen molar-refractivity contribution < 1.29 is 9.90 Å². The molecule has 5 heteroatoms. The SMILES string of the molecule is Cc1cc(Cl)ccc1C(=CCCN1CCC=C(C(=O)O)C1)c1cccn1C. The van der Waals surface area contributed by atoms with Crippen LogP contribution in [0.3, 0.4) is 0 Å². The van der Waals surface area contributed by atoms with Gasteiger partial charge in [-0.25, -0.2) is 4.79 Å². The van der Waals surface area contributed by atoms with Gasteiger partial charge < -0.3 is 9.67 Å². The molecule has 0 spiro atoms. The minimum absolute atomic E-state index is 0.501. The first-order chi connectivity index (χ1) is 13.0. The van der Waals surface area contributed by atoms with Crippen LogP contribution in [0.2, 0.25) is 5.02 Å². The van der Waals surface area contributed by atoms with E-state index in [2.05, 4.69) is 34.6 Å². The second kappa shape index (κ2) is 8.59. The van der Waals surface area contributed by atoms with Gasteiger partial charge in [-0.3, -0.25) is 4.90 Å². The van der Waals surface area contributed by atoms with Gasteiger partial charge in [-0.15, -0.1) is 0 Å². The molecule has 0 radical (unpaired) electrons. The number of carboxylic acids is 1. The molecule has 1 aliphatic heterocycles. The zero-order valence-electron chi connectivity index (χ0n) is 15.8. The molecule has 4 nitrogen and oxygen atoms in total. The van der Waals surface area contributed by atoms with E-state index in [1.54, 1.807) is 0 Å². The van der Waals surface area contributed by atoms with Gasteiger partial charge in [0.15, 0.2) is 0 Å². The van der Waals surface area contributed by atoms with E-state index in [1.807, 2.05) is 37.5 Å². The zero-order chi connectivity index (χ0) is 19.4. The van der Waals surface area contributed by atoms with Crippen LogP contribution in [0.15, 0.2) is 54.3 Å². The lowest BCUT2D eigenvalue weighted by atomic mass is 9.97. The predicted octanol–water partition coefficient (Wildman–Crippen LogP) is 4.53. The highest BCUT2D eigenvalue weighted by Crippen LogP contribution is 2.28. The Morgan fingerprint density at radius 2 is 2.15 bits per heavy atom. The summed E-state index contributed by atoms with van der Waals surface area (Å²) in [6, 6.07) is 10.1. The van der Waals surface area contributed by atoms with E-state index in [4.69, 9.17) is 11.6 Å². The lowest BCUT2D eigenvalue weighted by molar-refractivity contribution is -0.133. The second-order valence-corrected chi connectivity index (χ2v) is 7.41. The van der Waals surface area contributed by atoms with E-state index in [-0.39, 0.29) is 0 Å². The Kier molecular flexibility index (Phi) is 6.19. The summed E-state index contributed by atoms with van der Waals surface area (Å²) < 4.78 is 2.12. The first-order valence-electron chi connectivity index (χ1n) is 9.19. The molecule has 2 heterocycles. The fraction of sp³-hybridized carbons (Fsp3) is 0.318. The Morgan fingerprint density at radius 1 is 1.33 bits per heavy atom. The summed E-state index contributed by atoms with van der Waals surface area (Å²) in [5.41, 5.74) is 5.16. The van der Waals surface area contributed by atoms with Gasteiger partial charge in [0, 0.05) is 54.7 Å². The van der Waals surface area contributed by atoms with Gasteiger partial charge in [-0.2, -0.15) is 0 Å². The zero-order valence-corrected chi connectivity index (χ0v) is 16.5. The molecule has 1 aliphatic rings. The maximum atomic E-state index is 11.2. The number of halogens is 1. The Morgan fingerprint density at radius 3 is 2.81 bits per heavy atom. The van der Waals surface area contributed by atoms with Gasteiger partial charge in [-0.1, -0.05) is 29.8 Å². The van der Waals surface area contributed by atoms with Gasteiger partial charge in [0.25, 0.3) is 0 Å². The number of carboxylic acid groups (broad SMARTS) is 1. The third-order valence-electron chi connectivity index (χ3n) is 5.00. The topological polar surface area (TPSA) is 45.5 Å². The van der Waals surface area contributed by atoms with Crippen LogP contribution in [0.4, 0.5) is 0 Å². The van der Waals surface area contributed by atoms with Crippen LogP contribution in [0, 0.1) is 6.92 Å².